The average molecular weight is 296 g/mol. The standard InChI is InChI=1S/C15H12ClF2NO/c1-2-9-20-15-10(5-3-6-11(15)17)14(16)12-7-4-8-13(18)19-12/h2-8,14H,1,9H2. The first-order chi connectivity index (χ1) is 9.63. The first-order valence-electron chi connectivity index (χ1n) is 5.92. The van der Waals surface area contributed by atoms with E-state index in [1.807, 2.05) is 0 Å². The van der Waals surface area contributed by atoms with Gasteiger partial charge >= 0.3 is 0 Å². The number of aromatic nitrogens is 1. The second-order valence-electron chi connectivity index (χ2n) is 4.01. The maximum Gasteiger partial charge on any atom is 0.213 e. The van der Waals surface area contributed by atoms with Crippen LogP contribution in [0.5, 0.6) is 5.75 Å². The van der Waals surface area contributed by atoms with Gasteiger partial charge in [0.25, 0.3) is 0 Å². The van der Waals surface area contributed by atoms with Crippen molar-refractivity contribution in [2.24, 2.45) is 0 Å². The second kappa shape index (κ2) is 6.48. The molecule has 0 bridgehead atoms. The highest BCUT2D eigenvalue weighted by molar-refractivity contribution is 6.22. The number of hydrogen-bond donors (Lipinski definition) is 0. The molecule has 0 saturated carbocycles. The normalized spacial score (nSPS) is 11.9. The Morgan fingerprint density at radius 1 is 1.25 bits per heavy atom. The molecule has 1 atom stereocenters. The predicted molar refractivity (Wildman–Crippen MR) is 74.0 cm³/mol. The van der Waals surface area contributed by atoms with Crippen LogP contribution >= 0.6 is 11.6 Å². The second-order valence-corrected chi connectivity index (χ2v) is 4.44. The Labute approximate surface area is 120 Å². The molecule has 5 heteroatoms. The van der Waals surface area contributed by atoms with Crippen LogP contribution < -0.4 is 4.74 Å². The molecule has 0 aliphatic carbocycles. The number of pyridine rings is 1. The molecule has 0 radical (unpaired) electrons. The zero-order valence-electron chi connectivity index (χ0n) is 10.5. The molecule has 0 aliphatic rings. The van der Waals surface area contributed by atoms with Gasteiger partial charge < -0.3 is 4.74 Å². The number of nitrogens with zero attached hydrogens (tertiary/aromatic N) is 1. The fourth-order valence-electron chi connectivity index (χ4n) is 1.74. The molecule has 2 aromatic rings. The van der Waals surface area contributed by atoms with Crippen molar-refractivity contribution in [1.82, 2.24) is 4.98 Å². The van der Waals surface area contributed by atoms with E-state index in [1.165, 1.54) is 30.3 Å². The van der Waals surface area contributed by atoms with E-state index in [4.69, 9.17) is 16.3 Å². The van der Waals surface area contributed by atoms with Crippen LogP contribution in [0.4, 0.5) is 8.78 Å². The molecule has 0 spiro atoms. The summed E-state index contributed by atoms with van der Waals surface area (Å²) in [5.74, 6) is -1.15. The first-order valence-corrected chi connectivity index (χ1v) is 6.35. The molecule has 1 aromatic heterocycles. The summed E-state index contributed by atoms with van der Waals surface area (Å²) in [4.78, 5) is 3.70. The molecule has 0 saturated heterocycles. The lowest BCUT2D eigenvalue weighted by Crippen LogP contribution is -2.04. The molecule has 1 aromatic carbocycles. The van der Waals surface area contributed by atoms with Gasteiger partial charge in [-0.15, -0.1) is 11.6 Å². The minimum absolute atomic E-state index is 0.0264. The highest BCUT2D eigenvalue weighted by Gasteiger charge is 2.20. The number of rotatable bonds is 5. The molecule has 1 unspecified atom stereocenters. The summed E-state index contributed by atoms with van der Waals surface area (Å²) in [6, 6.07) is 8.68. The fraction of sp³-hybridized carbons (Fsp3) is 0.133. The van der Waals surface area contributed by atoms with Gasteiger partial charge in [-0.2, -0.15) is 4.39 Å². The largest absolute Gasteiger partial charge is 0.486 e. The van der Waals surface area contributed by atoms with Gasteiger partial charge in [-0.1, -0.05) is 30.9 Å². The number of alkyl halides is 1. The number of hydrogen-bond acceptors (Lipinski definition) is 2. The van der Waals surface area contributed by atoms with Gasteiger partial charge in [-0.25, -0.2) is 9.37 Å². The summed E-state index contributed by atoms with van der Waals surface area (Å²) >= 11 is 6.26. The average Bonchev–Trinajstić information content (AvgIpc) is 2.45. The Hall–Kier alpha value is -1.94. The smallest absolute Gasteiger partial charge is 0.213 e. The summed E-state index contributed by atoms with van der Waals surface area (Å²) in [5, 5.41) is -0.804. The van der Waals surface area contributed by atoms with Crippen molar-refractivity contribution in [2.75, 3.05) is 6.61 Å². The van der Waals surface area contributed by atoms with E-state index in [9.17, 15) is 8.78 Å². The molecule has 0 aliphatic heterocycles. The van der Waals surface area contributed by atoms with Crippen LogP contribution in [-0.4, -0.2) is 11.6 Å². The molecular formula is C15H12ClF2NO. The minimum atomic E-state index is -0.804. The van der Waals surface area contributed by atoms with E-state index >= 15 is 0 Å². The molecule has 0 N–H and O–H groups in total. The van der Waals surface area contributed by atoms with Gasteiger partial charge in [-0.3, -0.25) is 0 Å². The topological polar surface area (TPSA) is 22.1 Å². The van der Waals surface area contributed by atoms with Crippen molar-refractivity contribution in [3.63, 3.8) is 0 Å². The van der Waals surface area contributed by atoms with Crippen LogP contribution in [0.25, 0.3) is 0 Å². The zero-order chi connectivity index (χ0) is 14.5. The molecular weight excluding hydrogens is 284 g/mol. The molecule has 2 nitrogen and oxygen atoms in total. The zero-order valence-corrected chi connectivity index (χ0v) is 11.3. The SMILES string of the molecule is C=CCOc1c(F)cccc1C(Cl)c1cccc(F)n1. The van der Waals surface area contributed by atoms with Crippen LogP contribution in [0, 0.1) is 11.8 Å². The third-order valence-corrected chi connectivity index (χ3v) is 3.07. The lowest BCUT2D eigenvalue weighted by atomic mass is 10.1. The Morgan fingerprint density at radius 3 is 2.70 bits per heavy atom. The fourth-order valence-corrected chi connectivity index (χ4v) is 2.04. The lowest BCUT2D eigenvalue weighted by molar-refractivity contribution is 0.338. The molecule has 104 valence electrons. The summed E-state index contributed by atoms with van der Waals surface area (Å²) in [6.07, 6.45) is 1.50. The molecule has 0 amide bonds. The van der Waals surface area contributed by atoms with Crippen molar-refractivity contribution in [2.45, 2.75) is 5.38 Å². The van der Waals surface area contributed by atoms with Gasteiger partial charge in [0, 0.05) is 5.56 Å². The number of halogens is 3. The lowest BCUT2D eigenvalue weighted by Gasteiger charge is -2.15. The van der Waals surface area contributed by atoms with Gasteiger partial charge in [-0.05, 0) is 18.2 Å². The first kappa shape index (κ1) is 14.5. The van der Waals surface area contributed by atoms with Gasteiger partial charge in [0.1, 0.15) is 12.0 Å². The van der Waals surface area contributed by atoms with Crippen LogP contribution in [-0.2, 0) is 0 Å². The Bertz CT molecular complexity index is 619. The van der Waals surface area contributed by atoms with Crippen molar-refractivity contribution >= 4 is 11.6 Å². The van der Waals surface area contributed by atoms with Crippen molar-refractivity contribution in [3.05, 3.63) is 72.1 Å². The van der Waals surface area contributed by atoms with Crippen LogP contribution in [0.2, 0.25) is 0 Å². The van der Waals surface area contributed by atoms with E-state index in [0.717, 1.165) is 0 Å². The van der Waals surface area contributed by atoms with Gasteiger partial charge in [0.2, 0.25) is 5.95 Å². The Kier molecular flexibility index (Phi) is 4.69. The maximum atomic E-state index is 13.8. The minimum Gasteiger partial charge on any atom is -0.486 e. The van der Waals surface area contributed by atoms with Crippen LogP contribution in [0.1, 0.15) is 16.6 Å². The summed E-state index contributed by atoms with van der Waals surface area (Å²) in [6.45, 7) is 3.65. The third-order valence-electron chi connectivity index (χ3n) is 2.61. The highest BCUT2D eigenvalue weighted by Crippen LogP contribution is 2.35. The van der Waals surface area contributed by atoms with E-state index in [-0.39, 0.29) is 12.4 Å². The Balaban J connectivity index is 2.40. The maximum absolute atomic E-state index is 13.8. The van der Waals surface area contributed by atoms with Gasteiger partial charge in [0.05, 0.1) is 5.69 Å². The number of ether oxygens (including phenoxy) is 1. The Morgan fingerprint density at radius 2 is 2.00 bits per heavy atom. The molecule has 2 rings (SSSR count). The number of benzene rings is 1. The monoisotopic (exact) mass is 295 g/mol. The van der Waals surface area contributed by atoms with E-state index < -0.39 is 17.1 Å². The van der Waals surface area contributed by atoms with E-state index in [0.29, 0.717) is 11.3 Å². The summed E-state index contributed by atoms with van der Waals surface area (Å²) < 4.78 is 32.2. The van der Waals surface area contributed by atoms with Gasteiger partial charge in [0.15, 0.2) is 11.6 Å². The number of para-hydroxylation sites is 1. The van der Waals surface area contributed by atoms with Crippen LogP contribution in [0.15, 0.2) is 49.1 Å². The quantitative estimate of drug-likeness (QED) is 0.467. The predicted octanol–water partition coefficient (Wildman–Crippen LogP) is 4.25. The van der Waals surface area contributed by atoms with Crippen molar-refractivity contribution in [1.29, 1.82) is 0 Å². The summed E-state index contributed by atoms with van der Waals surface area (Å²) in [7, 11) is 0. The molecule has 20 heavy (non-hydrogen) atoms. The third kappa shape index (κ3) is 3.14. The highest BCUT2D eigenvalue weighted by atomic mass is 35.5. The molecule has 0 fully saturated rings. The van der Waals surface area contributed by atoms with E-state index in [1.54, 1.807) is 12.1 Å². The molecule has 1 heterocycles. The van der Waals surface area contributed by atoms with Crippen LogP contribution in [0.3, 0.4) is 0 Å². The summed E-state index contributed by atoms with van der Waals surface area (Å²) in [5.41, 5.74) is 0.687. The van der Waals surface area contributed by atoms with E-state index in [2.05, 4.69) is 11.6 Å². The van der Waals surface area contributed by atoms with Crippen molar-refractivity contribution in [3.8, 4) is 5.75 Å². The van der Waals surface area contributed by atoms with Crippen molar-refractivity contribution < 1.29 is 13.5 Å².